The lowest BCUT2D eigenvalue weighted by molar-refractivity contribution is -0.115. The Morgan fingerprint density at radius 3 is 2.57 bits per heavy atom. The summed E-state index contributed by atoms with van der Waals surface area (Å²) in [6.45, 7) is 1.53. The van der Waals surface area contributed by atoms with E-state index >= 15 is 0 Å². The van der Waals surface area contributed by atoms with Gasteiger partial charge in [0.15, 0.2) is 0 Å². The average molecular weight is 416 g/mol. The summed E-state index contributed by atoms with van der Waals surface area (Å²) in [5.74, 6) is -0.232. The zero-order valence-corrected chi connectivity index (χ0v) is 16.6. The molecule has 0 spiro atoms. The van der Waals surface area contributed by atoms with Crippen LogP contribution in [-0.4, -0.2) is 34.8 Å². The number of hydrogen-bond donors (Lipinski definition) is 2. The SMILES string of the molecule is O=C(Cc1cc2cc(Cl)ccc2[nH]1)Nc1ccc(C(=O)N2CCCC2)c(Cl)c1. The zero-order valence-electron chi connectivity index (χ0n) is 15.1. The highest BCUT2D eigenvalue weighted by Gasteiger charge is 2.21. The summed E-state index contributed by atoms with van der Waals surface area (Å²) in [4.78, 5) is 29.9. The fourth-order valence-corrected chi connectivity index (χ4v) is 3.94. The van der Waals surface area contributed by atoms with Crippen molar-refractivity contribution < 1.29 is 9.59 Å². The molecule has 5 nitrogen and oxygen atoms in total. The van der Waals surface area contributed by atoms with Gasteiger partial charge in [0, 0.05) is 40.4 Å². The highest BCUT2D eigenvalue weighted by atomic mass is 35.5. The molecule has 0 bridgehead atoms. The zero-order chi connectivity index (χ0) is 19.7. The molecule has 2 heterocycles. The summed E-state index contributed by atoms with van der Waals surface area (Å²) in [6.07, 6.45) is 2.24. The standard InChI is InChI=1S/C21H19Cl2N3O2/c22-14-3-6-19-13(9-14)10-16(24-19)12-20(27)25-15-4-5-17(18(23)11-15)21(28)26-7-1-2-8-26/h3-6,9-11,24H,1-2,7-8,12H2,(H,25,27). The van der Waals surface area contributed by atoms with Gasteiger partial charge in [0.05, 0.1) is 17.0 Å². The number of benzene rings is 2. The summed E-state index contributed by atoms with van der Waals surface area (Å²) < 4.78 is 0. The summed E-state index contributed by atoms with van der Waals surface area (Å²) in [6, 6.07) is 12.4. The lowest BCUT2D eigenvalue weighted by Crippen LogP contribution is -2.27. The summed E-state index contributed by atoms with van der Waals surface area (Å²) in [7, 11) is 0. The number of nitrogens with one attached hydrogen (secondary N) is 2. The number of carbonyl (C=O) groups excluding carboxylic acids is 2. The van der Waals surface area contributed by atoms with Crippen LogP contribution in [0.15, 0.2) is 42.5 Å². The maximum absolute atomic E-state index is 12.5. The van der Waals surface area contributed by atoms with E-state index in [0.29, 0.717) is 21.3 Å². The molecule has 1 aliphatic rings. The summed E-state index contributed by atoms with van der Waals surface area (Å²) >= 11 is 12.3. The monoisotopic (exact) mass is 415 g/mol. The van der Waals surface area contributed by atoms with Crippen molar-refractivity contribution in [1.29, 1.82) is 0 Å². The molecule has 0 atom stereocenters. The van der Waals surface area contributed by atoms with Crippen molar-refractivity contribution in [2.45, 2.75) is 19.3 Å². The number of carbonyl (C=O) groups is 2. The van der Waals surface area contributed by atoms with Crippen LogP contribution >= 0.6 is 23.2 Å². The van der Waals surface area contributed by atoms with Gasteiger partial charge in [0.2, 0.25) is 5.91 Å². The average Bonchev–Trinajstić information content (AvgIpc) is 3.30. The Hall–Kier alpha value is -2.50. The number of aromatic nitrogens is 1. The molecule has 2 N–H and O–H groups in total. The van der Waals surface area contributed by atoms with Crippen LogP contribution < -0.4 is 5.32 Å². The van der Waals surface area contributed by atoms with Crippen molar-refractivity contribution in [3.63, 3.8) is 0 Å². The number of nitrogens with zero attached hydrogens (tertiary/aromatic N) is 1. The van der Waals surface area contributed by atoms with Gasteiger partial charge in [-0.2, -0.15) is 0 Å². The van der Waals surface area contributed by atoms with E-state index in [1.54, 1.807) is 24.3 Å². The molecule has 0 unspecified atom stereocenters. The molecule has 1 fully saturated rings. The van der Waals surface area contributed by atoms with Crippen molar-refractivity contribution >= 4 is 51.6 Å². The van der Waals surface area contributed by atoms with Crippen LogP contribution in [0, 0.1) is 0 Å². The molecular formula is C21H19Cl2N3O2. The first-order chi connectivity index (χ1) is 13.5. The molecule has 1 saturated heterocycles. The van der Waals surface area contributed by atoms with Gasteiger partial charge in [-0.25, -0.2) is 0 Å². The molecular weight excluding hydrogens is 397 g/mol. The van der Waals surface area contributed by atoms with Gasteiger partial charge in [-0.05, 0) is 55.3 Å². The van der Waals surface area contributed by atoms with Gasteiger partial charge in [-0.1, -0.05) is 23.2 Å². The van der Waals surface area contributed by atoms with Crippen LogP contribution in [-0.2, 0) is 11.2 Å². The Morgan fingerprint density at radius 2 is 1.82 bits per heavy atom. The Bertz CT molecular complexity index is 1050. The smallest absolute Gasteiger partial charge is 0.255 e. The lowest BCUT2D eigenvalue weighted by atomic mass is 10.1. The van der Waals surface area contributed by atoms with Gasteiger partial charge < -0.3 is 15.2 Å². The topological polar surface area (TPSA) is 65.2 Å². The van der Waals surface area contributed by atoms with Gasteiger partial charge in [0.25, 0.3) is 5.91 Å². The minimum Gasteiger partial charge on any atom is -0.358 e. The first kappa shape index (κ1) is 18.8. The van der Waals surface area contributed by atoms with Gasteiger partial charge in [-0.3, -0.25) is 9.59 Å². The molecule has 2 aromatic carbocycles. The minimum absolute atomic E-state index is 0.0582. The van der Waals surface area contributed by atoms with Crippen LogP contribution in [0.25, 0.3) is 10.9 Å². The van der Waals surface area contributed by atoms with E-state index < -0.39 is 0 Å². The molecule has 144 valence electrons. The van der Waals surface area contributed by atoms with E-state index in [0.717, 1.165) is 42.5 Å². The van der Waals surface area contributed by atoms with Crippen molar-refractivity contribution in [1.82, 2.24) is 9.88 Å². The van der Waals surface area contributed by atoms with E-state index in [2.05, 4.69) is 10.3 Å². The first-order valence-electron chi connectivity index (χ1n) is 9.15. The number of fused-ring (bicyclic) bond motifs is 1. The second-order valence-corrected chi connectivity index (χ2v) is 7.79. The molecule has 3 aromatic rings. The van der Waals surface area contributed by atoms with E-state index in [4.69, 9.17) is 23.2 Å². The predicted octanol–water partition coefficient (Wildman–Crippen LogP) is 4.89. The van der Waals surface area contributed by atoms with Crippen LogP contribution in [0.5, 0.6) is 0 Å². The highest BCUT2D eigenvalue weighted by molar-refractivity contribution is 6.34. The second-order valence-electron chi connectivity index (χ2n) is 6.95. The number of H-pyrrole nitrogens is 1. The third kappa shape index (κ3) is 4.01. The van der Waals surface area contributed by atoms with Crippen molar-refractivity contribution in [3.8, 4) is 0 Å². The minimum atomic E-state index is -0.174. The highest BCUT2D eigenvalue weighted by Crippen LogP contribution is 2.25. The van der Waals surface area contributed by atoms with E-state index in [1.165, 1.54) is 0 Å². The molecule has 1 aliphatic heterocycles. The van der Waals surface area contributed by atoms with Crippen LogP contribution in [0.3, 0.4) is 0 Å². The lowest BCUT2D eigenvalue weighted by Gasteiger charge is -2.16. The quantitative estimate of drug-likeness (QED) is 0.636. The molecule has 0 radical (unpaired) electrons. The summed E-state index contributed by atoms with van der Waals surface area (Å²) in [5, 5.41) is 4.79. The van der Waals surface area contributed by atoms with Gasteiger partial charge in [0.1, 0.15) is 0 Å². The van der Waals surface area contributed by atoms with Crippen molar-refractivity contribution in [3.05, 3.63) is 63.8 Å². The Kier molecular flexibility index (Phi) is 5.29. The largest absolute Gasteiger partial charge is 0.358 e. The second kappa shape index (κ2) is 7.86. The van der Waals surface area contributed by atoms with Crippen LogP contribution in [0.4, 0.5) is 5.69 Å². The maximum Gasteiger partial charge on any atom is 0.255 e. The van der Waals surface area contributed by atoms with Gasteiger partial charge >= 0.3 is 0 Å². The Balaban J connectivity index is 1.43. The molecule has 2 amide bonds. The molecule has 28 heavy (non-hydrogen) atoms. The number of aromatic amines is 1. The fourth-order valence-electron chi connectivity index (χ4n) is 3.49. The van der Waals surface area contributed by atoms with E-state index in [1.807, 2.05) is 23.1 Å². The fraction of sp³-hybridized carbons (Fsp3) is 0.238. The van der Waals surface area contributed by atoms with E-state index in [-0.39, 0.29) is 18.2 Å². The Morgan fingerprint density at radius 1 is 1.04 bits per heavy atom. The molecule has 0 aliphatic carbocycles. The number of likely N-dealkylation sites (tertiary alicyclic amines) is 1. The normalized spacial score (nSPS) is 13.9. The van der Waals surface area contributed by atoms with Crippen molar-refractivity contribution in [2.75, 3.05) is 18.4 Å². The number of hydrogen-bond acceptors (Lipinski definition) is 2. The number of amides is 2. The molecule has 1 aromatic heterocycles. The van der Waals surface area contributed by atoms with Gasteiger partial charge in [-0.15, -0.1) is 0 Å². The number of anilines is 1. The first-order valence-corrected chi connectivity index (χ1v) is 9.91. The Labute approximate surface area is 172 Å². The maximum atomic E-state index is 12.5. The number of rotatable bonds is 4. The molecule has 7 heteroatoms. The molecule has 4 rings (SSSR count). The predicted molar refractivity (Wildman–Crippen MR) is 112 cm³/mol. The van der Waals surface area contributed by atoms with Crippen molar-refractivity contribution in [2.24, 2.45) is 0 Å². The van der Waals surface area contributed by atoms with Crippen LogP contribution in [0.1, 0.15) is 28.9 Å². The molecule has 0 saturated carbocycles. The van der Waals surface area contributed by atoms with Crippen LogP contribution in [0.2, 0.25) is 10.0 Å². The third-order valence-corrected chi connectivity index (χ3v) is 5.41. The summed E-state index contributed by atoms with van der Waals surface area (Å²) in [5.41, 5.74) is 2.75. The number of halogens is 2. The van der Waals surface area contributed by atoms with E-state index in [9.17, 15) is 9.59 Å². The third-order valence-electron chi connectivity index (χ3n) is 4.87.